The van der Waals surface area contributed by atoms with E-state index >= 15 is 0 Å². The molecule has 0 amide bonds. The van der Waals surface area contributed by atoms with Gasteiger partial charge in [0, 0.05) is 0 Å². The fourth-order valence-corrected chi connectivity index (χ4v) is 1.67. The smallest absolute Gasteiger partial charge is 0.136 e. The van der Waals surface area contributed by atoms with Crippen LogP contribution in [0.3, 0.4) is 0 Å². The lowest BCUT2D eigenvalue weighted by atomic mass is 10.6. The minimum absolute atomic E-state index is 0.398. The van der Waals surface area contributed by atoms with Crippen molar-refractivity contribution in [3.05, 3.63) is 17.4 Å². The minimum atomic E-state index is 0.398. The molecule has 0 aromatic carbocycles. The largest absolute Gasteiger partial charge is 0.166 e. The highest BCUT2D eigenvalue weighted by molar-refractivity contribution is 14.1. The van der Waals surface area contributed by atoms with Gasteiger partial charge in [-0.2, -0.15) is 0 Å². The molecular formula is C4Cl2I2N2. The Morgan fingerprint density at radius 3 is 1.50 bits per heavy atom. The van der Waals surface area contributed by atoms with E-state index in [0.29, 0.717) is 10.3 Å². The van der Waals surface area contributed by atoms with Gasteiger partial charge in [-0.05, 0) is 45.2 Å². The van der Waals surface area contributed by atoms with E-state index in [9.17, 15) is 0 Å². The minimum Gasteiger partial charge on any atom is -0.136 e. The topological polar surface area (TPSA) is 25.8 Å². The molecule has 0 N–H and O–H groups in total. The van der Waals surface area contributed by atoms with Crippen LogP contribution >= 0.6 is 68.4 Å². The van der Waals surface area contributed by atoms with Gasteiger partial charge >= 0.3 is 0 Å². The molecule has 10 heavy (non-hydrogen) atoms. The van der Waals surface area contributed by atoms with Gasteiger partial charge in [-0.15, -0.1) is 10.2 Å². The lowest BCUT2D eigenvalue weighted by Crippen LogP contribution is -1.91. The van der Waals surface area contributed by atoms with Crippen LogP contribution in [0.1, 0.15) is 0 Å². The van der Waals surface area contributed by atoms with E-state index in [2.05, 4.69) is 55.4 Å². The van der Waals surface area contributed by atoms with Crippen LogP contribution in [0.25, 0.3) is 0 Å². The number of hydrogen-bond donors (Lipinski definition) is 0. The number of hydrogen-bond acceptors (Lipinski definition) is 2. The summed E-state index contributed by atoms with van der Waals surface area (Å²) >= 11 is 15.4. The predicted molar refractivity (Wildman–Crippen MR) is 57.5 cm³/mol. The first-order valence-electron chi connectivity index (χ1n) is 2.15. The molecule has 0 aliphatic heterocycles. The number of nitrogens with zero attached hydrogens (tertiary/aromatic N) is 2. The summed E-state index contributed by atoms with van der Waals surface area (Å²) in [6.07, 6.45) is 0. The van der Waals surface area contributed by atoms with Crippen molar-refractivity contribution >= 4 is 68.4 Å². The van der Waals surface area contributed by atoms with Gasteiger partial charge in [-0.3, -0.25) is 0 Å². The summed E-state index contributed by atoms with van der Waals surface area (Å²) in [4.78, 5) is 0. The monoisotopic (exact) mass is 400 g/mol. The van der Waals surface area contributed by atoms with Crippen molar-refractivity contribution in [2.24, 2.45) is 0 Å². The molecule has 0 aliphatic carbocycles. The molecule has 0 saturated carbocycles. The Labute approximate surface area is 95.0 Å². The maximum atomic E-state index is 5.64. The molecule has 1 rings (SSSR count). The summed E-state index contributed by atoms with van der Waals surface area (Å²) in [5, 5.41) is 8.02. The molecule has 0 saturated heterocycles. The van der Waals surface area contributed by atoms with Gasteiger partial charge in [0.2, 0.25) is 0 Å². The summed E-state index contributed by atoms with van der Waals surface area (Å²) in [5.41, 5.74) is 0. The molecule has 2 nitrogen and oxygen atoms in total. The molecule has 54 valence electrons. The molecule has 1 aromatic heterocycles. The van der Waals surface area contributed by atoms with Crippen LogP contribution in [-0.4, -0.2) is 10.2 Å². The Balaban J connectivity index is 3.34. The van der Waals surface area contributed by atoms with Crippen LogP contribution < -0.4 is 0 Å². The Morgan fingerprint density at radius 2 is 1.20 bits per heavy atom. The van der Waals surface area contributed by atoms with Gasteiger partial charge in [-0.25, -0.2) is 0 Å². The number of aromatic nitrogens is 2. The summed E-state index contributed by atoms with van der Waals surface area (Å²) in [6.45, 7) is 0. The van der Waals surface area contributed by atoms with E-state index in [1.54, 1.807) is 0 Å². The Kier molecular flexibility index (Phi) is 3.39. The predicted octanol–water partition coefficient (Wildman–Crippen LogP) is 2.99. The van der Waals surface area contributed by atoms with Crippen molar-refractivity contribution in [3.8, 4) is 0 Å². The lowest BCUT2D eigenvalue weighted by Gasteiger charge is -1.97. The average Bonchev–Trinajstić information content (AvgIpc) is 1.93. The van der Waals surface area contributed by atoms with E-state index in [4.69, 9.17) is 23.2 Å². The van der Waals surface area contributed by atoms with Crippen molar-refractivity contribution in [2.45, 2.75) is 0 Å². The van der Waals surface area contributed by atoms with Gasteiger partial charge in [0.05, 0.1) is 7.14 Å². The highest BCUT2D eigenvalue weighted by Crippen LogP contribution is 2.25. The zero-order chi connectivity index (χ0) is 7.72. The van der Waals surface area contributed by atoms with Gasteiger partial charge < -0.3 is 0 Å². The summed E-state index contributed by atoms with van der Waals surface area (Å²) in [5.74, 6) is 0. The second-order valence-corrected chi connectivity index (χ2v) is 4.28. The molecule has 0 atom stereocenters. The molecule has 6 heteroatoms. The molecule has 1 heterocycles. The zero-order valence-corrected chi connectivity index (χ0v) is 10.2. The van der Waals surface area contributed by atoms with Gasteiger partial charge in [0.25, 0.3) is 0 Å². The molecule has 0 radical (unpaired) electrons. The molecule has 0 bridgehead atoms. The fraction of sp³-hybridized carbons (Fsp3) is 0. The number of halogens is 4. The first-order chi connectivity index (χ1) is 4.63. The van der Waals surface area contributed by atoms with Crippen molar-refractivity contribution in [3.63, 3.8) is 0 Å². The first-order valence-corrected chi connectivity index (χ1v) is 5.07. The number of rotatable bonds is 0. The Hall–Kier alpha value is 1.12. The van der Waals surface area contributed by atoms with Crippen molar-refractivity contribution < 1.29 is 0 Å². The summed E-state index contributed by atoms with van der Waals surface area (Å²) < 4.78 is 1.69. The second kappa shape index (κ2) is 3.68. The van der Waals surface area contributed by atoms with E-state index in [0.717, 1.165) is 7.14 Å². The van der Waals surface area contributed by atoms with Crippen LogP contribution in [0.5, 0.6) is 0 Å². The van der Waals surface area contributed by atoms with Crippen molar-refractivity contribution in [2.75, 3.05) is 0 Å². The summed E-state index contributed by atoms with van der Waals surface area (Å²) in [7, 11) is 0. The Morgan fingerprint density at radius 1 is 0.900 bits per heavy atom. The standard InChI is InChI=1S/C4Cl2I2N2/c5-3-1(7)2(8)4(6)10-9-3. The van der Waals surface area contributed by atoms with Gasteiger partial charge in [-0.1, -0.05) is 23.2 Å². The van der Waals surface area contributed by atoms with E-state index in [1.165, 1.54) is 0 Å². The second-order valence-electron chi connectivity index (χ2n) is 1.41. The third-order valence-electron chi connectivity index (χ3n) is 0.781. The van der Waals surface area contributed by atoms with E-state index in [-0.39, 0.29) is 0 Å². The van der Waals surface area contributed by atoms with Crippen LogP contribution in [0, 0.1) is 7.14 Å². The maximum Gasteiger partial charge on any atom is 0.166 e. The molecule has 0 unspecified atom stereocenters. The van der Waals surface area contributed by atoms with Gasteiger partial charge in [0.1, 0.15) is 0 Å². The first kappa shape index (κ1) is 9.21. The molecular weight excluding hydrogens is 401 g/mol. The van der Waals surface area contributed by atoms with Gasteiger partial charge in [0.15, 0.2) is 10.3 Å². The quantitative estimate of drug-likeness (QED) is 0.626. The highest BCUT2D eigenvalue weighted by Gasteiger charge is 2.07. The average molecular weight is 401 g/mol. The third kappa shape index (κ3) is 1.83. The fourth-order valence-electron chi connectivity index (χ4n) is 0.357. The van der Waals surface area contributed by atoms with E-state index < -0.39 is 0 Å². The normalized spacial score (nSPS) is 10.0. The molecule has 0 fully saturated rings. The van der Waals surface area contributed by atoms with Crippen LogP contribution in [0.4, 0.5) is 0 Å². The van der Waals surface area contributed by atoms with Crippen LogP contribution in [0.2, 0.25) is 10.3 Å². The van der Waals surface area contributed by atoms with E-state index in [1.807, 2.05) is 0 Å². The Bertz CT molecular complexity index is 239. The van der Waals surface area contributed by atoms with Crippen LogP contribution in [-0.2, 0) is 0 Å². The van der Waals surface area contributed by atoms with Crippen molar-refractivity contribution in [1.82, 2.24) is 10.2 Å². The third-order valence-corrected chi connectivity index (χ3v) is 5.08. The SMILES string of the molecule is Clc1nnc(Cl)c(I)c1I. The lowest BCUT2D eigenvalue weighted by molar-refractivity contribution is 1.01. The molecule has 0 spiro atoms. The highest BCUT2D eigenvalue weighted by atomic mass is 127. The zero-order valence-electron chi connectivity index (χ0n) is 4.41. The maximum absolute atomic E-state index is 5.64. The van der Waals surface area contributed by atoms with Crippen molar-refractivity contribution in [1.29, 1.82) is 0 Å². The van der Waals surface area contributed by atoms with Crippen LogP contribution in [0.15, 0.2) is 0 Å². The molecule has 1 aromatic rings. The summed E-state index contributed by atoms with van der Waals surface area (Å²) in [6, 6.07) is 0. The molecule has 0 aliphatic rings.